The lowest BCUT2D eigenvalue weighted by molar-refractivity contribution is -0.0716. The Labute approximate surface area is 343 Å². The van der Waals surface area contributed by atoms with Crippen molar-refractivity contribution in [2.24, 2.45) is 11.8 Å². The Kier molecular flexibility index (Phi) is 22.7. The Hall–Kier alpha value is -3.02. The Morgan fingerprint density at radius 2 is 0.946 bits per heavy atom. The molecule has 3 aromatic rings. The van der Waals surface area contributed by atoms with Gasteiger partial charge in [0.2, 0.25) is 0 Å². The van der Waals surface area contributed by atoms with Crippen molar-refractivity contribution in [1.82, 2.24) is 0 Å². The van der Waals surface area contributed by atoms with Crippen LogP contribution < -0.4 is 9.47 Å². The van der Waals surface area contributed by atoms with Gasteiger partial charge in [-0.3, -0.25) is 0 Å². The van der Waals surface area contributed by atoms with Crippen molar-refractivity contribution in [2.45, 2.75) is 189 Å². The molecule has 0 aliphatic heterocycles. The molecule has 5 heteroatoms. The lowest BCUT2D eigenvalue weighted by atomic mass is 9.87. The first kappa shape index (κ1) is 47.4. The number of rotatable bonds is 18. The molecule has 0 bridgehead atoms. The van der Waals surface area contributed by atoms with E-state index in [-0.39, 0.29) is 12.6 Å². The van der Waals surface area contributed by atoms with Gasteiger partial charge in [-0.25, -0.2) is 0 Å². The normalized spacial score (nSPS) is 17.6. The van der Waals surface area contributed by atoms with E-state index in [1.54, 1.807) is 12.1 Å². The molecule has 1 N–H and O–H groups in total. The van der Waals surface area contributed by atoms with Gasteiger partial charge in [0.15, 0.2) is 12.6 Å². The van der Waals surface area contributed by atoms with Crippen molar-refractivity contribution in [1.29, 1.82) is 0 Å². The van der Waals surface area contributed by atoms with Crippen LogP contribution in [-0.2, 0) is 9.47 Å². The molecule has 2 saturated carbocycles. The molecular weight excluding hydrogens is 693 g/mol. The van der Waals surface area contributed by atoms with E-state index in [1.165, 1.54) is 112 Å². The van der Waals surface area contributed by atoms with Gasteiger partial charge in [0.05, 0.1) is 13.2 Å². The molecule has 3 aromatic carbocycles. The minimum atomic E-state index is -0.174. The molecule has 0 spiro atoms. The van der Waals surface area contributed by atoms with Gasteiger partial charge in [-0.2, -0.15) is 0 Å². The molecule has 0 heterocycles. The van der Waals surface area contributed by atoms with E-state index in [1.807, 2.05) is 26.0 Å². The summed E-state index contributed by atoms with van der Waals surface area (Å²) in [5, 5.41) is 9.01. The summed E-state index contributed by atoms with van der Waals surface area (Å²) < 4.78 is 23.5. The summed E-state index contributed by atoms with van der Waals surface area (Å²) in [6, 6.07) is 22.4. The van der Waals surface area contributed by atoms with Gasteiger partial charge < -0.3 is 24.1 Å². The number of phenols is 1. The van der Waals surface area contributed by atoms with Crippen LogP contribution in [0.25, 0.3) is 0 Å². The molecule has 0 amide bonds. The molecular formula is C51H80O5. The SMILES string of the molecule is CCC(C)c1ccc(O)cc1.CCC(C)c1ccc(OC(C)OCCC2CCCCC2)c(C)c1.CCC(C)c1ccc(OC(C)OCCC2CCCCC2)cc1. The molecule has 5 unspecified atom stereocenters. The van der Waals surface area contributed by atoms with Crippen molar-refractivity contribution in [3.63, 3.8) is 0 Å². The monoisotopic (exact) mass is 773 g/mol. The van der Waals surface area contributed by atoms with E-state index in [9.17, 15) is 0 Å². The Morgan fingerprint density at radius 3 is 1.39 bits per heavy atom. The summed E-state index contributed by atoms with van der Waals surface area (Å²) in [5.74, 6) is 5.74. The molecule has 0 aromatic heterocycles. The number of ether oxygens (including phenoxy) is 4. The van der Waals surface area contributed by atoms with Gasteiger partial charge >= 0.3 is 0 Å². The molecule has 0 radical (unpaired) electrons. The third kappa shape index (κ3) is 18.1. The van der Waals surface area contributed by atoms with Crippen LogP contribution in [0.1, 0.15) is 192 Å². The number of hydrogen-bond acceptors (Lipinski definition) is 5. The minimum absolute atomic E-state index is 0.168. The molecule has 5 rings (SSSR count). The number of benzene rings is 3. The maximum absolute atomic E-state index is 9.01. The number of hydrogen-bond donors (Lipinski definition) is 1. The zero-order valence-corrected chi connectivity index (χ0v) is 37.0. The van der Waals surface area contributed by atoms with Crippen LogP contribution in [0.15, 0.2) is 66.7 Å². The second-order valence-corrected chi connectivity index (χ2v) is 16.8. The number of phenolic OH excluding ortho intramolecular Hbond substituents is 1. The highest BCUT2D eigenvalue weighted by atomic mass is 16.7. The molecule has 5 atom stereocenters. The van der Waals surface area contributed by atoms with Crippen LogP contribution in [-0.4, -0.2) is 30.9 Å². The average Bonchev–Trinajstić information content (AvgIpc) is 3.22. The Morgan fingerprint density at radius 1 is 0.536 bits per heavy atom. The fraction of sp³-hybridized carbons (Fsp3) is 0.647. The quantitative estimate of drug-likeness (QED) is 0.131. The number of aryl methyl sites for hydroxylation is 1. The standard InChI is InChI=1S/C21H34O2.C20H32O2.C10H14O/c1-5-16(2)20-11-12-21(17(3)15-20)23-18(4)22-14-13-19-9-7-6-8-10-19;1-4-16(2)19-10-12-20(13-11-19)22-17(3)21-15-14-18-8-6-5-7-9-18;1-3-8(2)9-4-6-10(11)7-5-9/h11-12,15-16,18-19H,5-10,13-14H2,1-4H3;10-13,16-18H,4-9,14-15H2,1-3H3;4-8,11H,3H2,1-2H3. The molecule has 56 heavy (non-hydrogen) atoms. The lowest BCUT2D eigenvalue weighted by Gasteiger charge is -2.23. The van der Waals surface area contributed by atoms with Crippen molar-refractivity contribution in [3.8, 4) is 17.2 Å². The van der Waals surface area contributed by atoms with Crippen LogP contribution in [0.5, 0.6) is 17.2 Å². The third-order valence-corrected chi connectivity index (χ3v) is 12.3. The largest absolute Gasteiger partial charge is 0.508 e. The van der Waals surface area contributed by atoms with Crippen molar-refractivity contribution >= 4 is 0 Å². The van der Waals surface area contributed by atoms with Crippen LogP contribution >= 0.6 is 0 Å². The smallest absolute Gasteiger partial charge is 0.196 e. The predicted molar refractivity (Wildman–Crippen MR) is 236 cm³/mol. The molecule has 2 aliphatic carbocycles. The maximum Gasteiger partial charge on any atom is 0.196 e. The summed E-state index contributed by atoms with van der Waals surface area (Å²) in [7, 11) is 0. The van der Waals surface area contributed by atoms with E-state index in [4.69, 9.17) is 24.1 Å². The molecule has 5 nitrogen and oxygen atoms in total. The van der Waals surface area contributed by atoms with Gasteiger partial charge in [-0.05, 0) is 135 Å². The van der Waals surface area contributed by atoms with Crippen molar-refractivity contribution in [3.05, 3.63) is 89.0 Å². The fourth-order valence-electron chi connectivity index (χ4n) is 7.69. The Bertz CT molecular complexity index is 1420. The maximum atomic E-state index is 9.01. The van der Waals surface area contributed by atoms with Crippen LogP contribution in [0.2, 0.25) is 0 Å². The number of aromatic hydroxyl groups is 1. The van der Waals surface area contributed by atoms with Gasteiger partial charge in [-0.1, -0.05) is 142 Å². The van der Waals surface area contributed by atoms with Crippen molar-refractivity contribution < 1.29 is 24.1 Å². The molecule has 314 valence electrons. The first-order valence-corrected chi connectivity index (χ1v) is 22.6. The van der Waals surface area contributed by atoms with Gasteiger partial charge in [0.25, 0.3) is 0 Å². The third-order valence-electron chi connectivity index (χ3n) is 12.3. The first-order chi connectivity index (χ1) is 27.0. The fourth-order valence-corrected chi connectivity index (χ4v) is 7.69. The van der Waals surface area contributed by atoms with Crippen molar-refractivity contribution in [2.75, 3.05) is 13.2 Å². The highest BCUT2D eigenvalue weighted by molar-refractivity contribution is 5.37. The predicted octanol–water partition coefficient (Wildman–Crippen LogP) is 15.0. The van der Waals surface area contributed by atoms with Crippen LogP contribution in [0.3, 0.4) is 0 Å². The summed E-state index contributed by atoms with van der Waals surface area (Å²) in [6.07, 6.45) is 19.5. The zero-order chi connectivity index (χ0) is 40.7. The highest BCUT2D eigenvalue weighted by Crippen LogP contribution is 2.29. The second kappa shape index (κ2) is 26.8. The molecule has 0 saturated heterocycles. The van der Waals surface area contributed by atoms with E-state index >= 15 is 0 Å². The van der Waals surface area contributed by atoms with Crippen LogP contribution in [0.4, 0.5) is 0 Å². The van der Waals surface area contributed by atoms with E-state index in [0.717, 1.165) is 43.0 Å². The summed E-state index contributed by atoms with van der Waals surface area (Å²) in [4.78, 5) is 0. The lowest BCUT2D eigenvalue weighted by Crippen LogP contribution is -2.19. The highest BCUT2D eigenvalue weighted by Gasteiger charge is 2.16. The topological polar surface area (TPSA) is 57.2 Å². The second-order valence-electron chi connectivity index (χ2n) is 16.8. The van der Waals surface area contributed by atoms with E-state index < -0.39 is 0 Å². The first-order valence-electron chi connectivity index (χ1n) is 22.6. The minimum Gasteiger partial charge on any atom is -0.508 e. The summed E-state index contributed by atoms with van der Waals surface area (Å²) in [6.45, 7) is 21.1. The average molecular weight is 773 g/mol. The Balaban J connectivity index is 0.000000239. The van der Waals surface area contributed by atoms with Crippen LogP contribution in [0, 0.1) is 18.8 Å². The zero-order valence-electron chi connectivity index (χ0n) is 37.0. The van der Waals surface area contributed by atoms with Gasteiger partial charge in [0, 0.05) is 0 Å². The molecule has 2 fully saturated rings. The molecule has 2 aliphatic rings. The summed E-state index contributed by atoms with van der Waals surface area (Å²) in [5.41, 5.74) is 5.26. The van der Waals surface area contributed by atoms with E-state index in [2.05, 4.69) is 90.9 Å². The van der Waals surface area contributed by atoms with Gasteiger partial charge in [0.1, 0.15) is 17.2 Å². The summed E-state index contributed by atoms with van der Waals surface area (Å²) >= 11 is 0. The van der Waals surface area contributed by atoms with Gasteiger partial charge in [-0.15, -0.1) is 0 Å². The van der Waals surface area contributed by atoms with E-state index in [0.29, 0.717) is 23.5 Å².